The molecule has 0 atom stereocenters. The van der Waals surface area contributed by atoms with Gasteiger partial charge >= 0.3 is 7.12 Å². The Hall–Kier alpha value is -3.99. The second-order valence-electron chi connectivity index (χ2n) is 12.1. The summed E-state index contributed by atoms with van der Waals surface area (Å²) < 4.78 is 12.6. The summed E-state index contributed by atoms with van der Waals surface area (Å²) in [5, 5.41) is 4.85. The van der Waals surface area contributed by atoms with Crippen LogP contribution in [0.1, 0.15) is 46.1 Å². The smallest absolute Gasteiger partial charge is 0.399 e. The van der Waals surface area contributed by atoms with Gasteiger partial charge in [0.1, 0.15) is 0 Å². The molecule has 0 saturated carbocycles. The van der Waals surface area contributed by atoms with Crippen LogP contribution in [0.2, 0.25) is 0 Å². The molecule has 7 rings (SSSR count). The zero-order valence-electron chi connectivity index (χ0n) is 24.1. The number of benzene rings is 4. The Labute approximate surface area is 242 Å². The molecule has 2 aliphatic rings. The quantitative estimate of drug-likeness (QED) is 0.170. The Morgan fingerprint density at radius 1 is 0.659 bits per heavy atom. The number of hydrogen-bond acceptors (Lipinski definition) is 3. The van der Waals surface area contributed by atoms with Crippen LogP contribution in [0.3, 0.4) is 0 Å². The van der Waals surface area contributed by atoms with Crippen molar-refractivity contribution in [2.45, 2.75) is 51.7 Å². The van der Waals surface area contributed by atoms with Crippen LogP contribution in [0, 0.1) is 0 Å². The number of pyridine rings is 1. The molecular formula is C37H34BNO2. The van der Waals surface area contributed by atoms with Gasteiger partial charge in [0.05, 0.1) is 16.9 Å². The lowest BCUT2D eigenvalue weighted by molar-refractivity contribution is 0.00578. The predicted molar refractivity (Wildman–Crippen MR) is 172 cm³/mol. The summed E-state index contributed by atoms with van der Waals surface area (Å²) in [5.74, 6) is 0. The molecule has 1 fully saturated rings. The highest BCUT2D eigenvalue weighted by Gasteiger charge is 2.51. The molecule has 1 aromatic heterocycles. The normalized spacial score (nSPS) is 17.8. The van der Waals surface area contributed by atoms with E-state index in [9.17, 15) is 0 Å². The number of hydrogen-bond donors (Lipinski definition) is 0. The summed E-state index contributed by atoms with van der Waals surface area (Å²) in [6, 6.07) is 30.7. The van der Waals surface area contributed by atoms with Gasteiger partial charge in [-0.3, -0.25) is 4.98 Å². The summed E-state index contributed by atoms with van der Waals surface area (Å²) in [5.41, 5.74) is 7.44. The number of fused-ring (bicyclic) bond motifs is 2. The Bertz CT molecular complexity index is 1760. The molecule has 4 aromatic carbocycles. The maximum absolute atomic E-state index is 6.28. The number of allylic oxidation sites excluding steroid dienone is 4. The largest absolute Gasteiger partial charge is 0.496 e. The van der Waals surface area contributed by atoms with E-state index in [-0.39, 0.29) is 11.2 Å². The van der Waals surface area contributed by atoms with Gasteiger partial charge in [-0.15, -0.1) is 0 Å². The standard InChI is InChI=1S/C37H34BNO2/c1-36(2)37(3,4)41-38(40-36)28-22-23-33(39-24-28)35-31-16-10-8-14-29(31)34(30-15-9-11-17-32(30)35)27-20-18-26(19-21-27)25-12-6-5-7-13-25/h5-6,8-12,14-24H,7,13H2,1-4H3. The van der Waals surface area contributed by atoms with Gasteiger partial charge in [-0.05, 0) is 90.4 Å². The van der Waals surface area contributed by atoms with Crippen molar-refractivity contribution in [2.24, 2.45) is 0 Å². The molecule has 41 heavy (non-hydrogen) atoms. The highest BCUT2D eigenvalue weighted by Crippen LogP contribution is 2.43. The van der Waals surface area contributed by atoms with Crippen molar-refractivity contribution in [1.29, 1.82) is 0 Å². The van der Waals surface area contributed by atoms with Crippen LogP contribution in [-0.4, -0.2) is 23.3 Å². The van der Waals surface area contributed by atoms with E-state index in [0.717, 1.165) is 29.6 Å². The molecule has 1 saturated heterocycles. The average molecular weight is 535 g/mol. The first-order valence-corrected chi connectivity index (χ1v) is 14.5. The van der Waals surface area contributed by atoms with Crippen LogP contribution in [0.5, 0.6) is 0 Å². The second kappa shape index (κ2) is 9.83. The second-order valence-corrected chi connectivity index (χ2v) is 12.1. The fraction of sp³-hybridized carbons (Fsp3) is 0.216. The minimum absolute atomic E-state index is 0.388. The Balaban J connectivity index is 1.35. The Morgan fingerprint density at radius 3 is 1.73 bits per heavy atom. The first kappa shape index (κ1) is 25.9. The third-order valence-corrected chi connectivity index (χ3v) is 9.06. The summed E-state index contributed by atoms with van der Waals surface area (Å²) in [7, 11) is -0.430. The molecule has 0 spiro atoms. The van der Waals surface area contributed by atoms with Crippen molar-refractivity contribution in [1.82, 2.24) is 4.98 Å². The van der Waals surface area contributed by atoms with E-state index in [1.807, 2.05) is 6.20 Å². The third-order valence-electron chi connectivity index (χ3n) is 9.06. The van der Waals surface area contributed by atoms with Gasteiger partial charge in [0.25, 0.3) is 0 Å². The molecule has 4 heteroatoms. The van der Waals surface area contributed by atoms with Crippen LogP contribution in [0.15, 0.2) is 109 Å². The minimum atomic E-state index is -0.430. The summed E-state index contributed by atoms with van der Waals surface area (Å²) >= 11 is 0. The fourth-order valence-corrected chi connectivity index (χ4v) is 6.08. The van der Waals surface area contributed by atoms with Crippen molar-refractivity contribution in [2.75, 3.05) is 0 Å². The van der Waals surface area contributed by atoms with E-state index >= 15 is 0 Å². The van der Waals surface area contributed by atoms with Crippen LogP contribution in [0.25, 0.3) is 49.5 Å². The molecule has 5 aromatic rings. The molecule has 1 aliphatic carbocycles. The Kier molecular flexibility index (Phi) is 6.22. The molecule has 3 nitrogen and oxygen atoms in total. The Morgan fingerprint density at radius 2 is 1.22 bits per heavy atom. The number of aromatic nitrogens is 1. The SMILES string of the molecule is CC1(C)OB(c2ccc(-c3c4ccccc4c(-c4ccc(C5=CC=CCC5)cc4)c4ccccc34)nc2)OC1(C)C. The molecule has 0 N–H and O–H groups in total. The molecule has 1 aliphatic heterocycles. The van der Waals surface area contributed by atoms with Gasteiger partial charge in [0.15, 0.2) is 0 Å². The van der Waals surface area contributed by atoms with E-state index in [0.29, 0.717) is 0 Å². The van der Waals surface area contributed by atoms with E-state index in [1.165, 1.54) is 43.8 Å². The van der Waals surface area contributed by atoms with Crippen LogP contribution < -0.4 is 5.46 Å². The van der Waals surface area contributed by atoms with E-state index in [4.69, 9.17) is 14.3 Å². The molecule has 0 radical (unpaired) electrons. The zero-order chi connectivity index (χ0) is 28.2. The summed E-state index contributed by atoms with van der Waals surface area (Å²) in [4.78, 5) is 4.98. The van der Waals surface area contributed by atoms with Crippen molar-refractivity contribution in [3.63, 3.8) is 0 Å². The molecule has 0 amide bonds. The van der Waals surface area contributed by atoms with Gasteiger partial charge in [0.2, 0.25) is 0 Å². The van der Waals surface area contributed by atoms with Gasteiger partial charge in [0, 0.05) is 17.2 Å². The maximum atomic E-state index is 6.28. The van der Waals surface area contributed by atoms with Gasteiger partial charge in [-0.25, -0.2) is 0 Å². The number of nitrogens with zero attached hydrogens (tertiary/aromatic N) is 1. The average Bonchev–Trinajstić information content (AvgIpc) is 3.22. The van der Waals surface area contributed by atoms with Gasteiger partial charge in [-0.1, -0.05) is 97.1 Å². The minimum Gasteiger partial charge on any atom is -0.399 e. The first-order chi connectivity index (χ1) is 19.8. The molecule has 202 valence electrons. The third kappa shape index (κ3) is 4.43. The molecular weight excluding hydrogens is 501 g/mol. The van der Waals surface area contributed by atoms with Crippen LogP contribution in [0.4, 0.5) is 0 Å². The highest BCUT2D eigenvalue weighted by molar-refractivity contribution is 6.62. The fourth-order valence-electron chi connectivity index (χ4n) is 6.08. The lowest BCUT2D eigenvalue weighted by Gasteiger charge is -2.32. The highest BCUT2D eigenvalue weighted by atomic mass is 16.7. The molecule has 0 bridgehead atoms. The van der Waals surface area contributed by atoms with Gasteiger partial charge < -0.3 is 9.31 Å². The lowest BCUT2D eigenvalue weighted by Crippen LogP contribution is -2.41. The summed E-state index contributed by atoms with van der Waals surface area (Å²) in [6.45, 7) is 8.30. The predicted octanol–water partition coefficient (Wildman–Crippen LogP) is 8.75. The van der Waals surface area contributed by atoms with Crippen LogP contribution >= 0.6 is 0 Å². The van der Waals surface area contributed by atoms with Crippen molar-refractivity contribution in [3.05, 3.63) is 115 Å². The zero-order valence-corrected chi connectivity index (χ0v) is 24.1. The monoisotopic (exact) mass is 535 g/mol. The van der Waals surface area contributed by atoms with Crippen molar-refractivity contribution in [3.8, 4) is 22.4 Å². The van der Waals surface area contributed by atoms with Crippen LogP contribution in [-0.2, 0) is 9.31 Å². The first-order valence-electron chi connectivity index (χ1n) is 14.5. The maximum Gasteiger partial charge on any atom is 0.496 e. The summed E-state index contributed by atoms with van der Waals surface area (Å²) in [6.07, 6.45) is 10.7. The van der Waals surface area contributed by atoms with E-state index in [1.54, 1.807) is 0 Å². The van der Waals surface area contributed by atoms with Gasteiger partial charge in [-0.2, -0.15) is 0 Å². The topological polar surface area (TPSA) is 31.4 Å². The van der Waals surface area contributed by atoms with Crippen molar-refractivity contribution >= 4 is 39.7 Å². The lowest BCUT2D eigenvalue weighted by atomic mass is 9.80. The van der Waals surface area contributed by atoms with E-state index < -0.39 is 7.12 Å². The molecule has 2 heterocycles. The molecule has 0 unspecified atom stereocenters. The number of rotatable bonds is 4. The van der Waals surface area contributed by atoms with Crippen molar-refractivity contribution < 1.29 is 9.31 Å². The van der Waals surface area contributed by atoms with E-state index in [2.05, 4.69) is 131 Å².